The summed E-state index contributed by atoms with van der Waals surface area (Å²) in [6.07, 6.45) is -9.43. The number of carbonyl (C=O) groups excluding carboxylic acids is 1. The molecule has 2 aromatic carbocycles. The maximum atomic E-state index is 13.0. The fraction of sp³-hybridized carbons (Fsp3) is 0.238. The molecular weight excluding hydrogens is 456 g/mol. The smallest absolute Gasteiger partial charge is 0.406 e. The molecule has 1 unspecified atom stereocenters. The zero-order chi connectivity index (χ0) is 24.4. The van der Waals surface area contributed by atoms with Crippen molar-refractivity contribution in [2.75, 3.05) is 6.54 Å². The van der Waals surface area contributed by atoms with E-state index in [2.05, 4.69) is 15.2 Å². The molecular formula is C21H17F6N3O3. The van der Waals surface area contributed by atoms with Gasteiger partial charge in [0.15, 0.2) is 0 Å². The number of aliphatic hydroxyl groups excluding tert-OH is 1. The van der Waals surface area contributed by atoms with Gasteiger partial charge in [0.2, 0.25) is 0 Å². The summed E-state index contributed by atoms with van der Waals surface area (Å²) in [5, 5.41) is 16.6. The zero-order valence-electron chi connectivity index (χ0n) is 16.9. The third-order valence-corrected chi connectivity index (χ3v) is 4.63. The van der Waals surface area contributed by atoms with Gasteiger partial charge in [-0.15, -0.1) is 13.2 Å². The summed E-state index contributed by atoms with van der Waals surface area (Å²) in [4.78, 5) is 12.5. The Morgan fingerprint density at radius 1 is 1.12 bits per heavy atom. The summed E-state index contributed by atoms with van der Waals surface area (Å²) in [5.74, 6) is -1.10. The van der Waals surface area contributed by atoms with E-state index in [1.54, 1.807) is 0 Å². The Labute approximate surface area is 183 Å². The monoisotopic (exact) mass is 473 g/mol. The van der Waals surface area contributed by atoms with Crippen molar-refractivity contribution in [3.05, 3.63) is 77.1 Å². The van der Waals surface area contributed by atoms with Gasteiger partial charge in [-0.25, -0.2) is 4.68 Å². The first-order valence-corrected chi connectivity index (χ1v) is 9.39. The van der Waals surface area contributed by atoms with Crippen LogP contribution < -0.4 is 10.1 Å². The van der Waals surface area contributed by atoms with E-state index in [1.807, 2.05) is 0 Å². The number of aromatic nitrogens is 2. The number of nitrogens with zero attached hydrogens (tertiary/aromatic N) is 2. The number of amides is 1. The summed E-state index contributed by atoms with van der Waals surface area (Å²) in [5.41, 5.74) is -0.164. The molecule has 0 saturated carbocycles. The molecule has 1 heterocycles. The molecule has 3 rings (SSSR count). The van der Waals surface area contributed by atoms with Crippen molar-refractivity contribution >= 4 is 5.91 Å². The lowest BCUT2D eigenvalue weighted by Gasteiger charge is -2.14. The fourth-order valence-corrected chi connectivity index (χ4v) is 3.00. The van der Waals surface area contributed by atoms with Crippen LogP contribution in [0.1, 0.15) is 33.3 Å². The first-order chi connectivity index (χ1) is 15.3. The SMILES string of the molecule is Cc1c(C(=O)NCC(O)c2ccc(OC(F)(F)F)cc2)cnn1-c1cccc(C(F)(F)F)c1. The van der Waals surface area contributed by atoms with Crippen molar-refractivity contribution in [1.82, 2.24) is 15.1 Å². The van der Waals surface area contributed by atoms with Gasteiger partial charge in [-0.2, -0.15) is 18.3 Å². The Hall–Kier alpha value is -3.54. The molecule has 1 atom stereocenters. The number of hydrogen-bond donors (Lipinski definition) is 2. The van der Waals surface area contributed by atoms with E-state index in [9.17, 15) is 36.2 Å². The van der Waals surface area contributed by atoms with Crippen LogP contribution >= 0.6 is 0 Å². The van der Waals surface area contributed by atoms with Crippen LogP contribution in [0.2, 0.25) is 0 Å². The van der Waals surface area contributed by atoms with Crippen molar-refractivity contribution in [3.63, 3.8) is 0 Å². The van der Waals surface area contributed by atoms with E-state index in [0.29, 0.717) is 0 Å². The predicted octanol–water partition coefficient (Wildman–Crippen LogP) is 4.56. The van der Waals surface area contributed by atoms with Crippen LogP contribution in [0.3, 0.4) is 0 Å². The van der Waals surface area contributed by atoms with Crippen LogP contribution in [0, 0.1) is 6.92 Å². The lowest BCUT2D eigenvalue weighted by Crippen LogP contribution is -2.28. The number of rotatable bonds is 6. The van der Waals surface area contributed by atoms with E-state index >= 15 is 0 Å². The highest BCUT2D eigenvalue weighted by Crippen LogP contribution is 2.30. The van der Waals surface area contributed by atoms with Gasteiger partial charge >= 0.3 is 12.5 Å². The average molecular weight is 473 g/mol. The molecule has 0 spiro atoms. The van der Waals surface area contributed by atoms with E-state index < -0.39 is 35.9 Å². The van der Waals surface area contributed by atoms with Crippen LogP contribution in [0.25, 0.3) is 5.69 Å². The Balaban J connectivity index is 1.66. The maximum Gasteiger partial charge on any atom is 0.573 e. The van der Waals surface area contributed by atoms with Gasteiger partial charge in [-0.3, -0.25) is 4.79 Å². The Bertz CT molecular complexity index is 1120. The largest absolute Gasteiger partial charge is 0.573 e. The Kier molecular flexibility index (Phi) is 6.68. The summed E-state index contributed by atoms with van der Waals surface area (Å²) >= 11 is 0. The quantitative estimate of drug-likeness (QED) is 0.515. The van der Waals surface area contributed by atoms with Crippen LogP contribution in [-0.2, 0) is 6.18 Å². The second-order valence-corrected chi connectivity index (χ2v) is 6.95. The number of aliphatic hydroxyl groups is 1. The Morgan fingerprint density at radius 3 is 2.39 bits per heavy atom. The van der Waals surface area contributed by atoms with Crippen LogP contribution in [0.15, 0.2) is 54.7 Å². The first kappa shape index (κ1) is 24.1. The number of alkyl halides is 6. The fourth-order valence-electron chi connectivity index (χ4n) is 3.00. The van der Waals surface area contributed by atoms with Crippen molar-refractivity contribution < 1.29 is 41.0 Å². The maximum absolute atomic E-state index is 13.0. The molecule has 0 aliphatic rings. The van der Waals surface area contributed by atoms with Gasteiger partial charge < -0.3 is 15.2 Å². The molecule has 0 fully saturated rings. The van der Waals surface area contributed by atoms with E-state index in [0.717, 1.165) is 24.3 Å². The molecule has 1 amide bonds. The molecule has 0 aliphatic carbocycles. The molecule has 1 aromatic heterocycles. The van der Waals surface area contributed by atoms with Crippen molar-refractivity contribution in [1.29, 1.82) is 0 Å². The molecule has 33 heavy (non-hydrogen) atoms. The first-order valence-electron chi connectivity index (χ1n) is 9.39. The summed E-state index contributed by atoms with van der Waals surface area (Å²) < 4.78 is 80.4. The second-order valence-electron chi connectivity index (χ2n) is 6.95. The topological polar surface area (TPSA) is 76.4 Å². The highest BCUT2D eigenvalue weighted by molar-refractivity contribution is 5.95. The van der Waals surface area contributed by atoms with Crippen molar-refractivity contribution in [2.45, 2.75) is 25.6 Å². The molecule has 176 valence electrons. The summed E-state index contributed by atoms with van der Waals surface area (Å²) in [7, 11) is 0. The molecule has 0 bridgehead atoms. The number of nitrogens with one attached hydrogen (secondary N) is 1. The molecule has 0 aliphatic heterocycles. The molecule has 3 aromatic rings. The number of benzene rings is 2. The van der Waals surface area contributed by atoms with Gasteiger partial charge in [0.25, 0.3) is 5.91 Å². The lowest BCUT2D eigenvalue weighted by molar-refractivity contribution is -0.274. The van der Waals surface area contributed by atoms with E-state index in [-0.39, 0.29) is 29.1 Å². The minimum Gasteiger partial charge on any atom is -0.406 e. The van der Waals surface area contributed by atoms with Crippen LogP contribution in [0.5, 0.6) is 5.75 Å². The second kappa shape index (κ2) is 9.14. The lowest BCUT2D eigenvalue weighted by atomic mass is 10.1. The summed E-state index contributed by atoms with van der Waals surface area (Å²) in [6.45, 7) is 1.23. The standard InChI is InChI=1S/C21H17F6N3O3/c1-12-17(10-29-30(12)15-4-2-3-14(9-15)20(22,23)24)19(32)28-11-18(31)13-5-7-16(8-6-13)33-21(25,26)27/h2-10,18,31H,11H2,1H3,(H,28,32). The number of halogens is 6. The van der Waals surface area contributed by atoms with Gasteiger partial charge in [-0.1, -0.05) is 18.2 Å². The molecule has 0 radical (unpaired) electrons. The number of ether oxygens (including phenoxy) is 1. The minimum atomic E-state index is -4.84. The van der Waals surface area contributed by atoms with Crippen LogP contribution in [-0.4, -0.2) is 33.7 Å². The minimum absolute atomic E-state index is 0.0773. The normalized spacial score (nSPS) is 13.0. The molecule has 0 saturated heterocycles. The number of carbonyl (C=O) groups is 1. The highest BCUT2D eigenvalue weighted by Gasteiger charge is 2.31. The Morgan fingerprint density at radius 2 is 1.79 bits per heavy atom. The van der Waals surface area contributed by atoms with Gasteiger partial charge in [0.1, 0.15) is 5.75 Å². The van der Waals surface area contributed by atoms with E-state index in [4.69, 9.17) is 0 Å². The van der Waals surface area contributed by atoms with Gasteiger partial charge in [0.05, 0.1) is 34.8 Å². The van der Waals surface area contributed by atoms with Gasteiger partial charge in [-0.05, 0) is 42.8 Å². The molecule has 2 N–H and O–H groups in total. The van der Waals surface area contributed by atoms with Gasteiger partial charge in [0, 0.05) is 6.54 Å². The summed E-state index contributed by atoms with van der Waals surface area (Å²) in [6, 6.07) is 8.93. The third-order valence-electron chi connectivity index (χ3n) is 4.63. The number of hydrogen-bond acceptors (Lipinski definition) is 4. The van der Waals surface area contributed by atoms with Crippen molar-refractivity contribution in [3.8, 4) is 11.4 Å². The van der Waals surface area contributed by atoms with Crippen molar-refractivity contribution in [2.24, 2.45) is 0 Å². The predicted molar refractivity (Wildman–Crippen MR) is 104 cm³/mol. The highest BCUT2D eigenvalue weighted by atomic mass is 19.4. The third kappa shape index (κ3) is 6.04. The van der Waals surface area contributed by atoms with Crippen LogP contribution in [0.4, 0.5) is 26.3 Å². The molecule has 6 nitrogen and oxygen atoms in total. The van der Waals surface area contributed by atoms with E-state index in [1.165, 1.54) is 42.1 Å². The zero-order valence-corrected chi connectivity index (χ0v) is 16.9. The average Bonchev–Trinajstić information content (AvgIpc) is 3.12. The molecule has 12 heteroatoms.